The number of fused-ring (bicyclic) bond motifs is 9. The largest absolute Gasteiger partial charge is 2.00 e. The van der Waals surface area contributed by atoms with Crippen LogP contribution in [0.2, 0.25) is 0 Å². The number of para-hydroxylation sites is 2. The maximum Gasteiger partial charge on any atom is 2.00 e. The van der Waals surface area contributed by atoms with E-state index < -0.39 is 0 Å². The fraction of sp³-hybridized carbons (Fsp3) is 0.0435. The van der Waals surface area contributed by atoms with Gasteiger partial charge in [0.05, 0.1) is 22.6 Å². The van der Waals surface area contributed by atoms with Crippen molar-refractivity contribution in [1.29, 1.82) is 0 Å². The second-order valence-electron chi connectivity index (χ2n) is 13.0. The van der Waals surface area contributed by atoms with Gasteiger partial charge in [-0.05, 0) is 54.6 Å². The predicted molar refractivity (Wildman–Crippen MR) is 207 cm³/mol. The van der Waals surface area contributed by atoms with Crippen molar-refractivity contribution in [3.63, 3.8) is 0 Å². The Labute approximate surface area is 315 Å². The minimum atomic E-state index is 0. The van der Waals surface area contributed by atoms with Crippen LogP contribution in [0.15, 0.2) is 146 Å². The van der Waals surface area contributed by atoms with Gasteiger partial charge in [-0.15, -0.1) is 30.3 Å². The van der Waals surface area contributed by atoms with Crippen molar-refractivity contribution < 1.29 is 25.8 Å². The standard InChI is InChI=1S/C46H30N4O.Pt/c1-29-13-3-5-17-34(29)43-44(35-18-6-4-14-30(35)2)50-42-23-10-7-19-37(42)36-25-24-33(28-40(36)46(50)48-43)51-32-16-11-15-31(27-32)49-41-22-9-8-20-38(41)39-21-12-26-47-45(39)49;/h3-26H,1-2H3;/q-2;+2. The third kappa shape index (κ3) is 4.96. The average molecular weight is 850 g/mol. The molecule has 0 bridgehead atoms. The smallest absolute Gasteiger partial charge is 0.503 e. The van der Waals surface area contributed by atoms with Crippen molar-refractivity contribution in [3.05, 3.63) is 169 Å². The number of benzene rings is 6. The van der Waals surface area contributed by atoms with Gasteiger partial charge in [-0.2, -0.15) is 6.07 Å². The minimum Gasteiger partial charge on any atom is -0.503 e. The van der Waals surface area contributed by atoms with E-state index in [1.54, 1.807) is 0 Å². The number of aromatic nitrogens is 4. The van der Waals surface area contributed by atoms with Crippen LogP contribution in [-0.4, -0.2) is 18.9 Å². The topological polar surface area (TPSA) is 44.3 Å². The monoisotopic (exact) mass is 849 g/mol. The molecule has 52 heavy (non-hydrogen) atoms. The molecule has 0 aliphatic carbocycles. The van der Waals surface area contributed by atoms with Crippen molar-refractivity contribution in [2.75, 3.05) is 0 Å². The van der Waals surface area contributed by atoms with Crippen LogP contribution < -0.4 is 4.74 Å². The molecule has 5 nitrogen and oxygen atoms in total. The summed E-state index contributed by atoms with van der Waals surface area (Å²) < 4.78 is 11.0. The SMILES string of the molecule is Cc1ccccc1-c1nc2c3[c-]c(Oc4[c-]c(-n5c6ccccc6c6cccnc65)ccc4)ccc3c3ccccc3n2c1-c1ccccc1C.[Pt+2]. The molecule has 0 radical (unpaired) electrons. The second-order valence-corrected chi connectivity index (χ2v) is 13.0. The van der Waals surface area contributed by atoms with Gasteiger partial charge in [0, 0.05) is 45.1 Å². The summed E-state index contributed by atoms with van der Waals surface area (Å²) in [5.41, 5.74) is 11.3. The molecule has 4 aromatic heterocycles. The summed E-state index contributed by atoms with van der Waals surface area (Å²) >= 11 is 0. The van der Waals surface area contributed by atoms with Crippen LogP contribution in [0, 0.1) is 26.0 Å². The van der Waals surface area contributed by atoms with E-state index in [1.807, 2.05) is 36.5 Å². The Morgan fingerprint density at radius 2 is 1.19 bits per heavy atom. The van der Waals surface area contributed by atoms with Crippen molar-refractivity contribution in [2.24, 2.45) is 0 Å². The van der Waals surface area contributed by atoms with Crippen LogP contribution in [0.1, 0.15) is 11.1 Å². The first-order valence-corrected chi connectivity index (χ1v) is 17.1. The van der Waals surface area contributed by atoms with Gasteiger partial charge in [-0.25, -0.2) is 4.98 Å². The molecule has 0 saturated carbocycles. The molecule has 0 spiro atoms. The summed E-state index contributed by atoms with van der Waals surface area (Å²) in [5.74, 6) is 1.18. The Morgan fingerprint density at radius 3 is 1.98 bits per heavy atom. The van der Waals surface area contributed by atoms with Crippen molar-refractivity contribution >= 4 is 49.3 Å². The van der Waals surface area contributed by atoms with Crippen LogP contribution in [0.4, 0.5) is 0 Å². The molecule has 10 rings (SSSR count). The van der Waals surface area contributed by atoms with Crippen molar-refractivity contribution in [2.45, 2.75) is 13.8 Å². The number of rotatable bonds is 5. The minimum absolute atomic E-state index is 0. The molecule has 0 saturated heterocycles. The first-order chi connectivity index (χ1) is 25.1. The number of hydrogen-bond acceptors (Lipinski definition) is 3. The molecule has 0 aliphatic heterocycles. The van der Waals surface area contributed by atoms with E-state index in [0.717, 1.165) is 77.5 Å². The van der Waals surface area contributed by atoms with Gasteiger partial charge in [0.15, 0.2) is 0 Å². The summed E-state index contributed by atoms with van der Waals surface area (Å²) in [6.07, 6.45) is 1.83. The third-order valence-corrected chi connectivity index (χ3v) is 9.90. The van der Waals surface area contributed by atoms with Crippen LogP contribution in [0.3, 0.4) is 0 Å². The summed E-state index contributed by atoms with van der Waals surface area (Å²) in [5, 5.41) is 5.33. The van der Waals surface area contributed by atoms with E-state index in [1.165, 1.54) is 11.1 Å². The summed E-state index contributed by atoms with van der Waals surface area (Å²) in [7, 11) is 0. The third-order valence-electron chi connectivity index (χ3n) is 9.90. The maximum atomic E-state index is 6.57. The number of pyridine rings is 2. The number of ether oxygens (including phenoxy) is 1. The van der Waals surface area contributed by atoms with Gasteiger partial charge in [-0.3, -0.25) is 4.98 Å². The molecular formula is C46H30N4OPt. The first-order valence-electron chi connectivity index (χ1n) is 17.1. The normalized spacial score (nSPS) is 11.5. The van der Waals surface area contributed by atoms with Gasteiger partial charge in [-0.1, -0.05) is 107 Å². The Balaban J connectivity index is 0.00000360. The van der Waals surface area contributed by atoms with Crippen molar-refractivity contribution in [1.82, 2.24) is 18.9 Å². The first kappa shape index (κ1) is 31.9. The zero-order valence-corrected chi connectivity index (χ0v) is 30.6. The molecule has 0 aliphatic rings. The van der Waals surface area contributed by atoms with Gasteiger partial charge in [0.2, 0.25) is 0 Å². The molecule has 0 amide bonds. The number of aryl methyl sites for hydroxylation is 2. The van der Waals surface area contributed by atoms with Crippen LogP contribution in [-0.2, 0) is 21.1 Å². The molecule has 0 unspecified atom stereocenters. The molecule has 10 aromatic rings. The van der Waals surface area contributed by atoms with E-state index in [0.29, 0.717) is 11.5 Å². The van der Waals surface area contributed by atoms with Crippen LogP contribution in [0.5, 0.6) is 11.5 Å². The number of imidazole rings is 1. The molecule has 6 heteroatoms. The van der Waals surface area contributed by atoms with E-state index in [4.69, 9.17) is 14.7 Å². The summed E-state index contributed by atoms with van der Waals surface area (Å²) in [4.78, 5) is 10.2. The van der Waals surface area contributed by atoms with Gasteiger partial charge < -0.3 is 13.7 Å². The van der Waals surface area contributed by atoms with E-state index >= 15 is 0 Å². The van der Waals surface area contributed by atoms with Gasteiger partial charge >= 0.3 is 21.1 Å². The second kappa shape index (κ2) is 12.6. The quantitative estimate of drug-likeness (QED) is 0.128. The van der Waals surface area contributed by atoms with Gasteiger partial charge in [0.1, 0.15) is 5.65 Å². The van der Waals surface area contributed by atoms with Gasteiger partial charge in [0.25, 0.3) is 0 Å². The molecule has 0 atom stereocenters. The molecule has 0 N–H and O–H groups in total. The predicted octanol–water partition coefficient (Wildman–Crippen LogP) is 11.5. The van der Waals surface area contributed by atoms with Crippen LogP contribution >= 0.6 is 0 Å². The fourth-order valence-electron chi connectivity index (χ4n) is 7.55. The Morgan fingerprint density at radius 1 is 0.538 bits per heavy atom. The Hall–Kier alpha value is -6.03. The summed E-state index contributed by atoms with van der Waals surface area (Å²) in [6, 6.07) is 55.3. The summed E-state index contributed by atoms with van der Waals surface area (Å²) in [6.45, 7) is 4.31. The van der Waals surface area contributed by atoms with E-state index in [2.05, 4.69) is 144 Å². The number of nitrogens with zero attached hydrogens (tertiary/aromatic N) is 4. The maximum absolute atomic E-state index is 6.57. The van der Waals surface area contributed by atoms with Crippen molar-refractivity contribution in [3.8, 4) is 39.7 Å². The Bertz CT molecular complexity index is 2940. The Kier molecular flexibility index (Phi) is 7.75. The van der Waals surface area contributed by atoms with Crippen LogP contribution in [0.25, 0.3) is 77.5 Å². The van der Waals surface area contributed by atoms with E-state index in [-0.39, 0.29) is 21.1 Å². The molecule has 4 heterocycles. The molecular weight excluding hydrogens is 820 g/mol. The average Bonchev–Trinajstić information content (AvgIpc) is 3.73. The molecule has 250 valence electrons. The van der Waals surface area contributed by atoms with E-state index in [9.17, 15) is 0 Å². The fourth-order valence-corrected chi connectivity index (χ4v) is 7.55. The zero-order chi connectivity index (χ0) is 34.1. The molecule has 0 fully saturated rings. The molecule has 6 aromatic carbocycles. The number of hydrogen-bond donors (Lipinski definition) is 0. The zero-order valence-electron chi connectivity index (χ0n) is 28.4.